The van der Waals surface area contributed by atoms with Crippen molar-refractivity contribution in [1.82, 2.24) is 16.0 Å². The summed E-state index contributed by atoms with van der Waals surface area (Å²) in [5.74, 6) is -1.11. The molecule has 1 aromatic rings. The molecule has 2 rings (SSSR count). The molecule has 0 radical (unpaired) electrons. The molecule has 3 amide bonds. The fourth-order valence-corrected chi connectivity index (χ4v) is 2.79. The zero-order chi connectivity index (χ0) is 18.9. The largest absolute Gasteiger partial charge is 0.493 e. The minimum atomic E-state index is -0.916. The van der Waals surface area contributed by atoms with Crippen LogP contribution in [0, 0.1) is 5.92 Å². The zero-order valence-electron chi connectivity index (χ0n) is 15.1. The van der Waals surface area contributed by atoms with Crippen LogP contribution in [0.4, 0.5) is 0 Å². The first-order valence-electron chi connectivity index (χ1n) is 8.59. The number of piperidine rings is 1. The van der Waals surface area contributed by atoms with Gasteiger partial charge in [0.2, 0.25) is 5.91 Å². The first-order valence-corrected chi connectivity index (χ1v) is 8.59. The van der Waals surface area contributed by atoms with Crippen molar-refractivity contribution in [3.8, 4) is 11.5 Å². The van der Waals surface area contributed by atoms with Crippen molar-refractivity contribution >= 4 is 17.7 Å². The Labute approximate surface area is 152 Å². The Balaban J connectivity index is 1.77. The lowest BCUT2D eigenvalue weighted by Gasteiger charge is -2.21. The highest BCUT2D eigenvalue weighted by Crippen LogP contribution is 2.27. The Kier molecular flexibility index (Phi) is 7.40. The van der Waals surface area contributed by atoms with Gasteiger partial charge in [0.1, 0.15) is 0 Å². The maximum atomic E-state index is 12.0. The maximum Gasteiger partial charge on any atom is 0.315 e. The van der Waals surface area contributed by atoms with E-state index in [-0.39, 0.29) is 18.4 Å². The Bertz CT molecular complexity index is 656. The Morgan fingerprint density at radius 2 is 1.77 bits per heavy atom. The number of carbonyl (C=O) groups excluding carboxylic acids is 3. The van der Waals surface area contributed by atoms with Gasteiger partial charge in [-0.2, -0.15) is 0 Å². The molecule has 0 unspecified atom stereocenters. The van der Waals surface area contributed by atoms with E-state index in [1.165, 1.54) is 0 Å². The van der Waals surface area contributed by atoms with Gasteiger partial charge >= 0.3 is 11.8 Å². The first kappa shape index (κ1) is 19.7. The van der Waals surface area contributed by atoms with E-state index >= 15 is 0 Å². The molecule has 0 spiro atoms. The predicted octanol–water partition coefficient (Wildman–Crippen LogP) is 0.00490. The molecule has 1 aliphatic heterocycles. The molecule has 0 atom stereocenters. The van der Waals surface area contributed by atoms with Gasteiger partial charge in [-0.3, -0.25) is 19.7 Å². The van der Waals surface area contributed by atoms with Crippen molar-refractivity contribution in [3.63, 3.8) is 0 Å². The summed E-state index contributed by atoms with van der Waals surface area (Å²) < 4.78 is 10.4. The van der Waals surface area contributed by atoms with E-state index in [0.29, 0.717) is 30.8 Å². The van der Waals surface area contributed by atoms with Crippen molar-refractivity contribution in [2.45, 2.75) is 19.3 Å². The average Bonchev–Trinajstić information content (AvgIpc) is 2.68. The van der Waals surface area contributed by atoms with Crippen LogP contribution >= 0.6 is 0 Å². The number of hydrogen-bond acceptors (Lipinski definition) is 6. The molecule has 0 bridgehead atoms. The number of hydrogen-bond donors (Lipinski definition) is 3. The van der Waals surface area contributed by atoms with Crippen LogP contribution in [0.1, 0.15) is 18.4 Å². The molecule has 0 aliphatic carbocycles. The molecule has 26 heavy (non-hydrogen) atoms. The summed E-state index contributed by atoms with van der Waals surface area (Å²) in [5, 5.41) is 7.84. The third-order valence-corrected chi connectivity index (χ3v) is 4.30. The van der Waals surface area contributed by atoms with E-state index in [1.807, 2.05) is 12.1 Å². The van der Waals surface area contributed by atoms with Gasteiger partial charge in [0.15, 0.2) is 11.5 Å². The molecule has 8 heteroatoms. The molecule has 8 nitrogen and oxygen atoms in total. The highest BCUT2D eigenvalue weighted by atomic mass is 16.5. The summed E-state index contributed by atoms with van der Waals surface area (Å²) in [6.07, 6.45) is 1.85. The van der Waals surface area contributed by atoms with Crippen LogP contribution in [-0.2, 0) is 20.8 Å². The summed E-state index contributed by atoms with van der Waals surface area (Å²) in [6, 6.07) is 5.44. The van der Waals surface area contributed by atoms with Gasteiger partial charge in [-0.25, -0.2) is 0 Å². The molecule has 3 N–H and O–H groups in total. The predicted molar refractivity (Wildman–Crippen MR) is 95.0 cm³/mol. The van der Waals surface area contributed by atoms with Crippen LogP contribution in [0.5, 0.6) is 11.5 Å². The normalized spacial score (nSPS) is 14.4. The highest BCUT2D eigenvalue weighted by Gasteiger charge is 2.24. The quantitative estimate of drug-likeness (QED) is 0.615. The monoisotopic (exact) mass is 363 g/mol. The van der Waals surface area contributed by atoms with Crippen molar-refractivity contribution in [1.29, 1.82) is 0 Å². The average molecular weight is 363 g/mol. The second-order valence-corrected chi connectivity index (χ2v) is 6.04. The lowest BCUT2D eigenvalue weighted by Crippen LogP contribution is -2.46. The van der Waals surface area contributed by atoms with Crippen LogP contribution in [0.3, 0.4) is 0 Å². The van der Waals surface area contributed by atoms with Gasteiger partial charge in [-0.05, 0) is 50.0 Å². The van der Waals surface area contributed by atoms with Crippen molar-refractivity contribution in [2.75, 3.05) is 33.9 Å². The molecule has 1 aromatic carbocycles. The van der Waals surface area contributed by atoms with Crippen molar-refractivity contribution in [2.24, 2.45) is 5.92 Å². The number of carbonyl (C=O) groups is 3. The molecule has 1 fully saturated rings. The minimum Gasteiger partial charge on any atom is -0.493 e. The zero-order valence-corrected chi connectivity index (χ0v) is 15.1. The molecule has 0 saturated carbocycles. The Morgan fingerprint density at radius 3 is 2.42 bits per heavy atom. The molecule has 142 valence electrons. The van der Waals surface area contributed by atoms with E-state index in [1.54, 1.807) is 20.3 Å². The maximum absolute atomic E-state index is 12.0. The fourth-order valence-electron chi connectivity index (χ4n) is 2.79. The number of methoxy groups -OCH3 is 2. The third-order valence-electron chi connectivity index (χ3n) is 4.30. The second-order valence-electron chi connectivity index (χ2n) is 6.04. The number of ether oxygens (including phenoxy) is 2. The van der Waals surface area contributed by atoms with E-state index in [4.69, 9.17) is 9.47 Å². The van der Waals surface area contributed by atoms with E-state index < -0.39 is 11.8 Å². The minimum absolute atomic E-state index is 0.222. The summed E-state index contributed by atoms with van der Waals surface area (Å²) >= 11 is 0. The summed E-state index contributed by atoms with van der Waals surface area (Å²) in [6.45, 7) is 1.75. The van der Waals surface area contributed by atoms with Gasteiger partial charge in [0.05, 0.1) is 14.2 Å². The molecule has 1 aliphatic rings. The Hall–Kier alpha value is -2.61. The smallest absolute Gasteiger partial charge is 0.315 e. The Morgan fingerprint density at radius 1 is 1.08 bits per heavy atom. The van der Waals surface area contributed by atoms with Gasteiger partial charge in [0, 0.05) is 12.5 Å². The first-order chi connectivity index (χ1) is 12.5. The lowest BCUT2D eigenvalue weighted by atomic mass is 9.97. The number of rotatable bonds is 6. The fraction of sp³-hybridized carbons (Fsp3) is 0.500. The van der Waals surface area contributed by atoms with Gasteiger partial charge in [-0.15, -0.1) is 0 Å². The standard InChI is InChI=1S/C18H25N3O5/c1-25-14-4-3-12(11-15(14)26-2)5-10-20-17(23)18(24)21-16(22)13-6-8-19-9-7-13/h3-4,11,13,19H,5-10H2,1-2H3,(H,20,23)(H,21,22,24). The number of amides is 3. The molecular formula is C18H25N3O5. The third kappa shape index (κ3) is 5.45. The summed E-state index contributed by atoms with van der Waals surface area (Å²) in [5.41, 5.74) is 0.925. The van der Waals surface area contributed by atoms with E-state index in [9.17, 15) is 14.4 Å². The van der Waals surface area contributed by atoms with Crippen LogP contribution in [0.15, 0.2) is 18.2 Å². The number of imide groups is 1. The summed E-state index contributed by atoms with van der Waals surface area (Å²) in [7, 11) is 3.11. The molecular weight excluding hydrogens is 338 g/mol. The van der Waals surface area contributed by atoms with Crippen LogP contribution in [0.25, 0.3) is 0 Å². The van der Waals surface area contributed by atoms with Crippen molar-refractivity contribution < 1.29 is 23.9 Å². The second kappa shape index (κ2) is 9.76. The summed E-state index contributed by atoms with van der Waals surface area (Å²) in [4.78, 5) is 35.6. The molecule has 0 aromatic heterocycles. The SMILES string of the molecule is COc1ccc(CCNC(=O)C(=O)NC(=O)C2CCNCC2)cc1OC. The number of benzene rings is 1. The van der Waals surface area contributed by atoms with Crippen LogP contribution in [-0.4, -0.2) is 51.6 Å². The lowest BCUT2D eigenvalue weighted by molar-refractivity contribution is -0.143. The highest BCUT2D eigenvalue weighted by molar-refractivity contribution is 6.37. The van der Waals surface area contributed by atoms with Crippen LogP contribution in [0.2, 0.25) is 0 Å². The van der Waals surface area contributed by atoms with Crippen molar-refractivity contribution in [3.05, 3.63) is 23.8 Å². The van der Waals surface area contributed by atoms with Gasteiger partial charge in [0.25, 0.3) is 0 Å². The molecule has 1 saturated heterocycles. The topological polar surface area (TPSA) is 106 Å². The van der Waals surface area contributed by atoms with Gasteiger partial charge in [-0.1, -0.05) is 6.07 Å². The number of nitrogens with one attached hydrogen (secondary N) is 3. The van der Waals surface area contributed by atoms with E-state index in [2.05, 4.69) is 16.0 Å². The van der Waals surface area contributed by atoms with Crippen LogP contribution < -0.4 is 25.4 Å². The van der Waals surface area contributed by atoms with Gasteiger partial charge < -0.3 is 20.1 Å². The molecule has 1 heterocycles. The van der Waals surface area contributed by atoms with E-state index in [0.717, 1.165) is 18.7 Å².